The molecule has 0 radical (unpaired) electrons. The zero-order valence-electron chi connectivity index (χ0n) is 19.0. The van der Waals surface area contributed by atoms with Gasteiger partial charge in [0.2, 0.25) is 0 Å². The van der Waals surface area contributed by atoms with E-state index in [-0.39, 0.29) is 0 Å². The summed E-state index contributed by atoms with van der Waals surface area (Å²) >= 11 is 0. The Bertz CT molecular complexity index is 460. The van der Waals surface area contributed by atoms with Gasteiger partial charge in [0.05, 0.1) is 6.10 Å². The summed E-state index contributed by atoms with van der Waals surface area (Å²) in [5, 5.41) is 0. The molecule has 0 amide bonds. The van der Waals surface area contributed by atoms with Gasteiger partial charge in [-0.3, -0.25) is 0 Å². The fourth-order valence-corrected chi connectivity index (χ4v) is 7.32. The van der Waals surface area contributed by atoms with E-state index >= 15 is 0 Å². The fourth-order valence-electron chi connectivity index (χ4n) is 7.32. The molecule has 3 fully saturated rings. The van der Waals surface area contributed by atoms with Crippen molar-refractivity contribution >= 4 is 0 Å². The van der Waals surface area contributed by atoms with Gasteiger partial charge in [-0.15, -0.1) is 0 Å². The summed E-state index contributed by atoms with van der Waals surface area (Å²) in [7, 11) is 2.01. The highest BCUT2D eigenvalue weighted by atomic mass is 16.5. The van der Waals surface area contributed by atoms with Crippen LogP contribution in [0, 0.1) is 52.3 Å². The highest BCUT2D eigenvalue weighted by Crippen LogP contribution is 2.58. The second-order valence-corrected chi connectivity index (χ2v) is 12.5. The normalized spacial score (nSPS) is 44.8. The lowest BCUT2D eigenvalue weighted by atomic mass is 9.55. The Morgan fingerprint density at radius 3 is 1.85 bits per heavy atom. The van der Waals surface area contributed by atoms with Crippen molar-refractivity contribution in [3.8, 4) is 0 Å². The minimum atomic E-state index is 0.359. The number of hydrogen-bond donors (Lipinski definition) is 0. The maximum Gasteiger partial charge on any atom is 0.0638 e. The minimum absolute atomic E-state index is 0.359. The van der Waals surface area contributed by atoms with Crippen LogP contribution in [0.1, 0.15) is 93.4 Å². The van der Waals surface area contributed by atoms with E-state index in [1.54, 1.807) is 0 Å². The third kappa shape index (κ3) is 4.03. The van der Waals surface area contributed by atoms with Crippen molar-refractivity contribution in [3.63, 3.8) is 0 Å². The van der Waals surface area contributed by atoms with E-state index < -0.39 is 0 Å². The molecule has 0 bridgehead atoms. The summed E-state index contributed by atoms with van der Waals surface area (Å²) in [6.45, 7) is 17.2. The van der Waals surface area contributed by atoms with E-state index in [9.17, 15) is 0 Å². The Labute approximate surface area is 164 Å². The first-order valence-corrected chi connectivity index (χ1v) is 11.5. The summed E-state index contributed by atoms with van der Waals surface area (Å²) in [4.78, 5) is 0. The number of rotatable bonds is 2. The van der Waals surface area contributed by atoms with Gasteiger partial charge in [-0.2, -0.15) is 0 Å². The van der Waals surface area contributed by atoms with E-state index in [2.05, 4.69) is 48.5 Å². The molecule has 0 saturated heterocycles. The molecule has 0 aromatic heterocycles. The van der Waals surface area contributed by atoms with Gasteiger partial charge in [-0.1, -0.05) is 48.5 Å². The molecule has 1 heteroatoms. The van der Waals surface area contributed by atoms with Crippen molar-refractivity contribution in [1.82, 2.24) is 0 Å². The van der Waals surface area contributed by atoms with Gasteiger partial charge in [-0.25, -0.2) is 0 Å². The second-order valence-electron chi connectivity index (χ2n) is 12.5. The van der Waals surface area contributed by atoms with Gasteiger partial charge in [0.15, 0.2) is 0 Å². The topological polar surface area (TPSA) is 9.23 Å². The van der Waals surface area contributed by atoms with Crippen LogP contribution in [0.15, 0.2) is 0 Å². The van der Waals surface area contributed by atoms with Gasteiger partial charge in [0, 0.05) is 7.11 Å². The maximum atomic E-state index is 6.33. The zero-order chi connectivity index (χ0) is 19.3. The largest absolute Gasteiger partial charge is 0.381 e. The third-order valence-electron chi connectivity index (χ3n) is 8.74. The van der Waals surface area contributed by atoms with Crippen molar-refractivity contribution < 1.29 is 4.74 Å². The molecule has 6 atom stereocenters. The SMILES string of the molecule is COC1C(C(C)(C)C)CC2CC(C)CC2[C@H]1C1CCC(C(C)(C)C)CC1. The molecule has 152 valence electrons. The van der Waals surface area contributed by atoms with E-state index in [0.29, 0.717) is 16.9 Å². The van der Waals surface area contributed by atoms with Crippen LogP contribution in [0.4, 0.5) is 0 Å². The number of methoxy groups -OCH3 is 1. The first-order chi connectivity index (χ1) is 12.0. The minimum Gasteiger partial charge on any atom is -0.381 e. The van der Waals surface area contributed by atoms with E-state index in [4.69, 9.17) is 4.74 Å². The third-order valence-corrected chi connectivity index (χ3v) is 8.74. The smallest absolute Gasteiger partial charge is 0.0638 e. The molecular weight excluding hydrogens is 316 g/mol. The molecule has 3 aliphatic carbocycles. The highest BCUT2D eigenvalue weighted by molar-refractivity contribution is 5.02. The molecule has 0 aromatic carbocycles. The number of ether oxygens (including phenoxy) is 1. The first kappa shape index (κ1) is 20.7. The van der Waals surface area contributed by atoms with Crippen LogP contribution in [0.2, 0.25) is 0 Å². The monoisotopic (exact) mass is 362 g/mol. The average Bonchev–Trinajstić information content (AvgIpc) is 2.91. The summed E-state index contributed by atoms with van der Waals surface area (Å²) in [5.74, 6) is 6.19. The molecule has 0 N–H and O–H groups in total. The molecule has 5 unspecified atom stereocenters. The Hall–Kier alpha value is -0.0400. The standard InChI is InChI=1S/C25H46O/c1-16-13-18-15-21(25(5,6)7)23(26-8)22(20(18)14-16)17-9-11-19(12-10-17)24(2,3)4/h16-23H,9-15H2,1-8H3/t16?,17?,18?,19?,20?,21?,22-,23?/m1/s1. The molecular formula is C25H46O. The zero-order valence-corrected chi connectivity index (χ0v) is 19.0. The van der Waals surface area contributed by atoms with Gasteiger partial charge in [0.25, 0.3) is 0 Å². The Kier molecular flexibility index (Phi) is 5.90. The molecule has 3 saturated carbocycles. The van der Waals surface area contributed by atoms with Gasteiger partial charge < -0.3 is 4.74 Å². The molecule has 3 rings (SSSR count). The van der Waals surface area contributed by atoms with E-state index in [1.807, 2.05) is 7.11 Å². The molecule has 26 heavy (non-hydrogen) atoms. The summed E-state index contributed by atoms with van der Waals surface area (Å²) in [6, 6.07) is 0. The summed E-state index contributed by atoms with van der Waals surface area (Å²) < 4.78 is 6.33. The Morgan fingerprint density at radius 2 is 1.35 bits per heavy atom. The first-order valence-electron chi connectivity index (χ1n) is 11.5. The van der Waals surface area contributed by atoms with Gasteiger partial charge in [0.1, 0.15) is 0 Å². The van der Waals surface area contributed by atoms with Crippen LogP contribution in [0.5, 0.6) is 0 Å². The quantitative estimate of drug-likeness (QED) is 0.504. The van der Waals surface area contributed by atoms with Crippen LogP contribution < -0.4 is 0 Å². The van der Waals surface area contributed by atoms with Crippen LogP contribution >= 0.6 is 0 Å². The van der Waals surface area contributed by atoms with Gasteiger partial charge in [-0.05, 0) is 97.2 Å². The molecule has 0 spiro atoms. The highest BCUT2D eigenvalue weighted by Gasteiger charge is 2.53. The molecule has 0 aliphatic heterocycles. The lowest BCUT2D eigenvalue weighted by Crippen LogP contribution is -2.51. The molecule has 1 nitrogen and oxygen atoms in total. The molecule has 0 heterocycles. The molecule has 0 aromatic rings. The van der Waals surface area contributed by atoms with Crippen LogP contribution in [0.3, 0.4) is 0 Å². The van der Waals surface area contributed by atoms with Crippen molar-refractivity contribution in [2.45, 2.75) is 99.5 Å². The van der Waals surface area contributed by atoms with Crippen LogP contribution in [0.25, 0.3) is 0 Å². The van der Waals surface area contributed by atoms with E-state index in [0.717, 1.165) is 41.4 Å². The summed E-state index contributed by atoms with van der Waals surface area (Å²) in [6.07, 6.45) is 10.6. The Balaban J connectivity index is 1.82. The van der Waals surface area contributed by atoms with E-state index in [1.165, 1.54) is 44.9 Å². The van der Waals surface area contributed by atoms with Crippen molar-refractivity contribution in [3.05, 3.63) is 0 Å². The van der Waals surface area contributed by atoms with Crippen molar-refractivity contribution in [2.75, 3.05) is 7.11 Å². The average molecular weight is 363 g/mol. The number of fused-ring (bicyclic) bond motifs is 1. The predicted octanol–water partition coefficient (Wildman–Crippen LogP) is 7.20. The second kappa shape index (κ2) is 7.41. The summed E-state index contributed by atoms with van der Waals surface area (Å²) in [5.41, 5.74) is 0.842. The van der Waals surface area contributed by atoms with Crippen molar-refractivity contribution in [2.24, 2.45) is 52.3 Å². The lowest BCUT2D eigenvalue weighted by Gasteiger charge is -2.53. The lowest BCUT2D eigenvalue weighted by molar-refractivity contribution is -0.119. The predicted molar refractivity (Wildman–Crippen MR) is 112 cm³/mol. The number of hydrogen-bond acceptors (Lipinski definition) is 1. The van der Waals surface area contributed by atoms with Crippen LogP contribution in [-0.2, 0) is 4.74 Å². The van der Waals surface area contributed by atoms with Gasteiger partial charge >= 0.3 is 0 Å². The fraction of sp³-hybridized carbons (Fsp3) is 1.00. The molecule has 3 aliphatic rings. The maximum absolute atomic E-state index is 6.33. The van der Waals surface area contributed by atoms with Crippen LogP contribution in [-0.4, -0.2) is 13.2 Å². The van der Waals surface area contributed by atoms with Crippen molar-refractivity contribution in [1.29, 1.82) is 0 Å². The Morgan fingerprint density at radius 1 is 0.731 bits per heavy atom.